The van der Waals surface area contributed by atoms with E-state index in [0.29, 0.717) is 5.15 Å². The third-order valence-electron chi connectivity index (χ3n) is 4.77. The van der Waals surface area contributed by atoms with Gasteiger partial charge in [0, 0.05) is 17.2 Å². The van der Waals surface area contributed by atoms with E-state index in [1.165, 1.54) is 0 Å². The fraction of sp³-hybridized carbons (Fsp3) is 0.389. The first kappa shape index (κ1) is 17.3. The summed E-state index contributed by atoms with van der Waals surface area (Å²) in [5.41, 5.74) is 1.81. The van der Waals surface area contributed by atoms with Crippen molar-refractivity contribution >= 4 is 24.2 Å². The van der Waals surface area contributed by atoms with Crippen LogP contribution in [0.25, 0.3) is 11.1 Å². The summed E-state index contributed by atoms with van der Waals surface area (Å²) in [6.45, 7) is 8.11. The minimum atomic E-state index is -0.468. The van der Waals surface area contributed by atoms with E-state index in [-0.39, 0.29) is 0 Å². The number of pyridine rings is 1. The van der Waals surface area contributed by atoms with Crippen LogP contribution in [0.1, 0.15) is 27.7 Å². The van der Waals surface area contributed by atoms with Gasteiger partial charge in [-0.15, -0.1) is 0 Å². The highest BCUT2D eigenvalue weighted by Crippen LogP contribution is 2.37. The zero-order valence-electron chi connectivity index (χ0n) is 14.6. The Balaban J connectivity index is 1.98. The molecule has 1 saturated heterocycles. The molecule has 0 saturated carbocycles. The van der Waals surface area contributed by atoms with Crippen LogP contribution < -0.4 is 10.2 Å². The maximum absolute atomic E-state index is 6.31. The number of ether oxygens (including phenoxy) is 1. The number of nitrogens with zero attached hydrogens (tertiary/aromatic N) is 1. The summed E-state index contributed by atoms with van der Waals surface area (Å²) < 4.78 is 17.5. The quantitative estimate of drug-likeness (QED) is 0.628. The first-order chi connectivity index (χ1) is 11.2. The molecule has 0 unspecified atom stereocenters. The molecule has 24 heavy (non-hydrogen) atoms. The minimum Gasteiger partial charge on any atom is -0.497 e. The predicted octanol–water partition coefficient (Wildman–Crippen LogP) is 3.71. The maximum Gasteiger partial charge on any atom is 0.496 e. The molecule has 1 aliphatic rings. The second kappa shape index (κ2) is 6.06. The summed E-state index contributed by atoms with van der Waals surface area (Å²) in [5, 5.41) is 0.434. The van der Waals surface area contributed by atoms with Crippen LogP contribution in [0.15, 0.2) is 36.5 Å². The van der Waals surface area contributed by atoms with Gasteiger partial charge in [-0.1, -0.05) is 23.7 Å². The Morgan fingerprint density at radius 2 is 1.75 bits per heavy atom. The van der Waals surface area contributed by atoms with E-state index >= 15 is 0 Å². The van der Waals surface area contributed by atoms with E-state index in [4.69, 9.17) is 25.6 Å². The summed E-state index contributed by atoms with van der Waals surface area (Å²) in [4.78, 5) is 4.32. The predicted molar refractivity (Wildman–Crippen MR) is 97.0 cm³/mol. The third-order valence-corrected chi connectivity index (χ3v) is 5.07. The van der Waals surface area contributed by atoms with Crippen molar-refractivity contribution in [2.75, 3.05) is 7.11 Å². The number of rotatable bonds is 3. The monoisotopic (exact) mass is 345 g/mol. The van der Waals surface area contributed by atoms with Gasteiger partial charge in [0.1, 0.15) is 10.9 Å². The lowest BCUT2D eigenvalue weighted by molar-refractivity contribution is 0.00578. The first-order valence-corrected chi connectivity index (χ1v) is 8.27. The van der Waals surface area contributed by atoms with Gasteiger partial charge >= 0.3 is 7.12 Å². The van der Waals surface area contributed by atoms with Crippen molar-refractivity contribution in [1.29, 1.82) is 0 Å². The standard InChI is InChI=1S/C18H21BClNO3/c1-17(2)18(3,4)24-19(23-17)13-10-15(16(20)21-11-13)12-7-6-8-14(9-12)22-5/h6-11H,1-5H3. The normalized spacial score (nSPS) is 18.7. The van der Waals surface area contributed by atoms with Crippen molar-refractivity contribution in [2.24, 2.45) is 0 Å². The summed E-state index contributed by atoms with van der Waals surface area (Å²) >= 11 is 6.31. The topological polar surface area (TPSA) is 40.6 Å². The molecule has 6 heteroatoms. The Bertz CT molecular complexity index is 748. The largest absolute Gasteiger partial charge is 0.497 e. The van der Waals surface area contributed by atoms with Gasteiger partial charge in [0.05, 0.1) is 18.3 Å². The van der Waals surface area contributed by atoms with Crippen LogP contribution in [0.2, 0.25) is 5.15 Å². The molecule has 2 aromatic rings. The lowest BCUT2D eigenvalue weighted by atomic mass is 9.79. The first-order valence-electron chi connectivity index (χ1n) is 7.89. The molecular weight excluding hydrogens is 324 g/mol. The van der Waals surface area contributed by atoms with Crippen LogP contribution >= 0.6 is 11.6 Å². The van der Waals surface area contributed by atoms with E-state index in [9.17, 15) is 0 Å². The van der Waals surface area contributed by atoms with Crippen molar-refractivity contribution in [2.45, 2.75) is 38.9 Å². The molecule has 1 aromatic carbocycles. The maximum atomic E-state index is 6.31. The average molecular weight is 346 g/mol. The van der Waals surface area contributed by atoms with Gasteiger partial charge < -0.3 is 14.0 Å². The van der Waals surface area contributed by atoms with Crippen molar-refractivity contribution in [3.05, 3.63) is 41.7 Å². The molecular formula is C18H21BClNO3. The molecule has 1 fully saturated rings. The van der Waals surface area contributed by atoms with Crippen molar-refractivity contribution in [3.63, 3.8) is 0 Å². The van der Waals surface area contributed by atoms with Crippen LogP contribution in [0, 0.1) is 0 Å². The van der Waals surface area contributed by atoms with Crippen LogP contribution in [-0.4, -0.2) is 30.4 Å². The molecule has 0 bridgehead atoms. The lowest BCUT2D eigenvalue weighted by Gasteiger charge is -2.32. The third kappa shape index (κ3) is 3.04. The molecule has 1 aliphatic heterocycles. The van der Waals surface area contributed by atoms with E-state index in [1.807, 2.05) is 58.0 Å². The van der Waals surface area contributed by atoms with Crippen molar-refractivity contribution < 1.29 is 14.0 Å². The van der Waals surface area contributed by atoms with Gasteiger partial charge in [0.15, 0.2) is 0 Å². The van der Waals surface area contributed by atoms with E-state index in [0.717, 1.165) is 22.3 Å². The Kier molecular flexibility index (Phi) is 4.37. The van der Waals surface area contributed by atoms with Gasteiger partial charge in [-0.3, -0.25) is 0 Å². The average Bonchev–Trinajstić information content (AvgIpc) is 2.76. The van der Waals surface area contributed by atoms with Gasteiger partial charge in [0.2, 0.25) is 0 Å². The molecule has 0 aliphatic carbocycles. The second-order valence-corrected chi connectivity index (χ2v) is 7.29. The van der Waals surface area contributed by atoms with Gasteiger partial charge in [-0.2, -0.15) is 0 Å². The van der Waals surface area contributed by atoms with Crippen LogP contribution in [0.3, 0.4) is 0 Å². The minimum absolute atomic E-state index is 0.395. The number of benzene rings is 1. The molecule has 3 rings (SSSR count). The number of methoxy groups -OCH3 is 1. The molecule has 4 nitrogen and oxygen atoms in total. The highest BCUT2D eigenvalue weighted by atomic mass is 35.5. The molecule has 1 aromatic heterocycles. The van der Waals surface area contributed by atoms with Gasteiger partial charge in [0.25, 0.3) is 0 Å². The lowest BCUT2D eigenvalue weighted by Crippen LogP contribution is -2.41. The van der Waals surface area contributed by atoms with E-state index in [1.54, 1.807) is 13.3 Å². The molecule has 0 amide bonds. The number of halogens is 1. The Morgan fingerprint density at radius 1 is 1.08 bits per heavy atom. The fourth-order valence-corrected chi connectivity index (χ4v) is 2.78. The summed E-state index contributed by atoms with van der Waals surface area (Å²) in [5.74, 6) is 0.768. The smallest absolute Gasteiger partial charge is 0.496 e. The molecule has 0 radical (unpaired) electrons. The number of aromatic nitrogens is 1. The zero-order chi connectivity index (χ0) is 17.5. The van der Waals surface area contributed by atoms with E-state index < -0.39 is 18.3 Å². The summed E-state index contributed by atoms with van der Waals surface area (Å²) in [6.07, 6.45) is 1.70. The van der Waals surface area contributed by atoms with Crippen LogP contribution in [0.5, 0.6) is 5.75 Å². The zero-order valence-corrected chi connectivity index (χ0v) is 15.3. The van der Waals surface area contributed by atoms with Crippen LogP contribution in [-0.2, 0) is 9.31 Å². The summed E-state index contributed by atoms with van der Waals surface area (Å²) in [6, 6.07) is 9.68. The number of hydrogen-bond donors (Lipinski definition) is 0. The van der Waals surface area contributed by atoms with E-state index in [2.05, 4.69) is 4.98 Å². The molecule has 0 spiro atoms. The molecule has 126 valence electrons. The highest BCUT2D eigenvalue weighted by molar-refractivity contribution is 6.62. The fourth-order valence-electron chi connectivity index (χ4n) is 2.57. The molecule has 2 heterocycles. The van der Waals surface area contributed by atoms with Gasteiger partial charge in [-0.05, 0) is 51.5 Å². The van der Waals surface area contributed by atoms with Gasteiger partial charge in [-0.25, -0.2) is 4.98 Å². The van der Waals surface area contributed by atoms with Crippen molar-refractivity contribution in [3.8, 4) is 16.9 Å². The number of hydrogen-bond acceptors (Lipinski definition) is 4. The summed E-state index contributed by atoms with van der Waals surface area (Å²) in [7, 11) is 1.17. The highest BCUT2D eigenvalue weighted by Gasteiger charge is 2.51. The Morgan fingerprint density at radius 3 is 2.38 bits per heavy atom. The van der Waals surface area contributed by atoms with Crippen molar-refractivity contribution in [1.82, 2.24) is 4.98 Å². The van der Waals surface area contributed by atoms with Crippen LogP contribution in [0.4, 0.5) is 0 Å². The molecule has 0 N–H and O–H groups in total. The SMILES string of the molecule is COc1cccc(-c2cc(B3OC(C)(C)C(C)(C)O3)cnc2Cl)c1. The molecule has 0 atom stereocenters. The Hall–Kier alpha value is -1.56. The second-order valence-electron chi connectivity index (χ2n) is 6.93. The Labute approximate surface area is 148 Å².